The summed E-state index contributed by atoms with van der Waals surface area (Å²) < 4.78 is 7.21. The second-order valence-corrected chi connectivity index (χ2v) is 6.52. The Morgan fingerprint density at radius 2 is 2.21 bits per heavy atom. The summed E-state index contributed by atoms with van der Waals surface area (Å²) in [5.74, 6) is 1.36. The van der Waals surface area contributed by atoms with Crippen LogP contribution in [0.1, 0.15) is 25.6 Å². The van der Waals surface area contributed by atoms with E-state index in [2.05, 4.69) is 20.3 Å². The Hall–Kier alpha value is -1.67. The second kappa shape index (κ2) is 8.43. The maximum absolute atomic E-state index is 12.5. The molecule has 2 aliphatic rings. The summed E-state index contributed by atoms with van der Waals surface area (Å²) in [6.45, 7) is 9.62. The zero-order valence-corrected chi connectivity index (χ0v) is 14.5. The van der Waals surface area contributed by atoms with Crippen molar-refractivity contribution in [3.63, 3.8) is 0 Å². The molecule has 1 aromatic heterocycles. The van der Waals surface area contributed by atoms with Crippen LogP contribution in [0.2, 0.25) is 0 Å². The fourth-order valence-electron chi connectivity index (χ4n) is 3.50. The standard InChI is InChI=1S/C16H28N6O2/c1-2-22-15(18-13-19-22)10-17-16(23)21-5-3-4-14(12-21)11-20-6-8-24-9-7-20/h13-14H,2-12H2,1H3,(H,17,23)/t14-/m1/s1. The average molecular weight is 336 g/mol. The molecule has 134 valence electrons. The van der Waals surface area contributed by atoms with E-state index in [1.165, 1.54) is 12.7 Å². The van der Waals surface area contributed by atoms with Crippen LogP contribution in [0.15, 0.2) is 6.33 Å². The van der Waals surface area contributed by atoms with Crippen LogP contribution < -0.4 is 5.32 Å². The molecule has 0 aliphatic carbocycles. The fourth-order valence-corrected chi connectivity index (χ4v) is 3.50. The van der Waals surface area contributed by atoms with Crippen LogP contribution in [0.4, 0.5) is 4.79 Å². The first-order valence-corrected chi connectivity index (χ1v) is 8.96. The van der Waals surface area contributed by atoms with Gasteiger partial charge in [0.2, 0.25) is 0 Å². The van der Waals surface area contributed by atoms with E-state index in [0.29, 0.717) is 12.5 Å². The van der Waals surface area contributed by atoms with Gasteiger partial charge in [0, 0.05) is 39.3 Å². The molecule has 2 saturated heterocycles. The molecule has 2 fully saturated rings. The van der Waals surface area contributed by atoms with Gasteiger partial charge >= 0.3 is 6.03 Å². The molecule has 0 radical (unpaired) electrons. The quantitative estimate of drug-likeness (QED) is 0.850. The topological polar surface area (TPSA) is 75.5 Å². The summed E-state index contributed by atoms with van der Waals surface area (Å²) in [7, 11) is 0. The van der Waals surface area contributed by atoms with Gasteiger partial charge < -0.3 is 15.0 Å². The number of piperidine rings is 1. The smallest absolute Gasteiger partial charge is 0.317 e. The normalized spacial score (nSPS) is 22.5. The van der Waals surface area contributed by atoms with Gasteiger partial charge in [-0.1, -0.05) is 0 Å². The molecule has 1 aromatic rings. The summed E-state index contributed by atoms with van der Waals surface area (Å²) in [6.07, 6.45) is 3.81. The van der Waals surface area contributed by atoms with Crippen molar-refractivity contribution in [2.45, 2.75) is 32.9 Å². The summed E-state index contributed by atoms with van der Waals surface area (Å²) in [4.78, 5) is 21.1. The molecule has 1 atom stereocenters. The van der Waals surface area contributed by atoms with Gasteiger partial charge in [0.15, 0.2) is 0 Å². The Kier molecular flexibility index (Phi) is 6.03. The molecule has 0 spiro atoms. The van der Waals surface area contributed by atoms with E-state index in [-0.39, 0.29) is 6.03 Å². The summed E-state index contributed by atoms with van der Waals surface area (Å²) in [5.41, 5.74) is 0. The van der Waals surface area contributed by atoms with Crippen molar-refractivity contribution in [3.05, 3.63) is 12.2 Å². The van der Waals surface area contributed by atoms with Crippen molar-refractivity contribution in [1.82, 2.24) is 29.9 Å². The number of carbonyl (C=O) groups excluding carboxylic acids is 1. The van der Waals surface area contributed by atoms with Crippen LogP contribution in [0, 0.1) is 5.92 Å². The fraction of sp³-hybridized carbons (Fsp3) is 0.812. The lowest BCUT2D eigenvalue weighted by atomic mass is 9.97. The number of aryl methyl sites for hydroxylation is 1. The van der Waals surface area contributed by atoms with Crippen molar-refractivity contribution >= 4 is 6.03 Å². The Morgan fingerprint density at radius 1 is 1.38 bits per heavy atom. The molecule has 8 heteroatoms. The lowest BCUT2D eigenvalue weighted by molar-refractivity contribution is 0.0249. The Balaban J connectivity index is 1.45. The van der Waals surface area contributed by atoms with Crippen molar-refractivity contribution in [2.75, 3.05) is 45.9 Å². The predicted octanol–water partition coefficient (Wildman–Crippen LogP) is 0.552. The minimum atomic E-state index is 0.00679. The molecular weight excluding hydrogens is 308 g/mol. The summed E-state index contributed by atoms with van der Waals surface area (Å²) in [6, 6.07) is 0.00679. The van der Waals surface area contributed by atoms with Gasteiger partial charge in [-0.25, -0.2) is 14.5 Å². The van der Waals surface area contributed by atoms with Crippen LogP contribution in [0.25, 0.3) is 0 Å². The number of morpholine rings is 1. The van der Waals surface area contributed by atoms with Crippen molar-refractivity contribution in [3.8, 4) is 0 Å². The van der Waals surface area contributed by atoms with Gasteiger partial charge in [-0.2, -0.15) is 5.10 Å². The maximum Gasteiger partial charge on any atom is 0.317 e. The molecule has 1 N–H and O–H groups in total. The largest absolute Gasteiger partial charge is 0.379 e. The number of aromatic nitrogens is 3. The average Bonchev–Trinajstić information content (AvgIpc) is 3.08. The molecule has 8 nitrogen and oxygen atoms in total. The van der Waals surface area contributed by atoms with Gasteiger partial charge in [0.1, 0.15) is 12.2 Å². The number of nitrogens with zero attached hydrogens (tertiary/aromatic N) is 5. The van der Waals surface area contributed by atoms with E-state index < -0.39 is 0 Å². The second-order valence-electron chi connectivity index (χ2n) is 6.52. The molecule has 0 saturated carbocycles. The zero-order valence-electron chi connectivity index (χ0n) is 14.5. The lowest BCUT2D eigenvalue weighted by Crippen LogP contribution is -2.48. The van der Waals surface area contributed by atoms with Gasteiger partial charge in [-0.3, -0.25) is 4.90 Å². The Bertz CT molecular complexity index is 528. The monoisotopic (exact) mass is 336 g/mol. The number of ether oxygens (including phenoxy) is 1. The van der Waals surface area contributed by atoms with E-state index >= 15 is 0 Å². The third kappa shape index (κ3) is 4.45. The lowest BCUT2D eigenvalue weighted by Gasteiger charge is -2.36. The minimum absolute atomic E-state index is 0.00679. The summed E-state index contributed by atoms with van der Waals surface area (Å²) in [5, 5.41) is 7.11. The highest BCUT2D eigenvalue weighted by atomic mass is 16.5. The number of carbonyl (C=O) groups is 1. The first-order valence-electron chi connectivity index (χ1n) is 8.96. The molecular formula is C16H28N6O2. The molecule has 2 amide bonds. The highest BCUT2D eigenvalue weighted by Crippen LogP contribution is 2.18. The molecule has 3 rings (SSSR count). The van der Waals surface area contributed by atoms with E-state index in [0.717, 1.165) is 64.7 Å². The number of rotatable bonds is 5. The number of nitrogens with one attached hydrogen (secondary N) is 1. The Morgan fingerprint density at radius 3 is 3.00 bits per heavy atom. The van der Waals surface area contributed by atoms with Gasteiger partial charge in [-0.05, 0) is 25.7 Å². The Labute approximate surface area is 143 Å². The highest BCUT2D eigenvalue weighted by Gasteiger charge is 2.25. The highest BCUT2D eigenvalue weighted by molar-refractivity contribution is 5.74. The van der Waals surface area contributed by atoms with Crippen molar-refractivity contribution in [2.24, 2.45) is 5.92 Å². The number of hydrogen-bond acceptors (Lipinski definition) is 5. The molecule has 2 aliphatic heterocycles. The van der Waals surface area contributed by atoms with E-state index in [4.69, 9.17) is 4.74 Å². The van der Waals surface area contributed by atoms with Crippen LogP contribution in [0.3, 0.4) is 0 Å². The molecule has 0 unspecified atom stereocenters. The zero-order chi connectivity index (χ0) is 16.8. The molecule has 24 heavy (non-hydrogen) atoms. The van der Waals surface area contributed by atoms with E-state index in [1.807, 2.05) is 11.8 Å². The first kappa shape index (κ1) is 17.2. The minimum Gasteiger partial charge on any atom is -0.379 e. The van der Waals surface area contributed by atoms with Crippen LogP contribution in [-0.4, -0.2) is 76.5 Å². The van der Waals surface area contributed by atoms with E-state index in [9.17, 15) is 4.79 Å². The van der Waals surface area contributed by atoms with Crippen LogP contribution in [-0.2, 0) is 17.8 Å². The number of hydrogen-bond donors (Lipinski definition) is 1. The SMILES string of the molecule is CCn1ncnc1CNC(=O)N1CCC[C@H](CN2CCOCC2)C1. The third-order valence-electron chi connectivity index (χ3n) is 4.82. The van der Waals surface area contributed by atoms with Gasteiger partial charge in [0.25, 0.3) is 0 Å². The number of amides is 2. The summed E-state index contributed by atoms with van der Waals surface area (Å²) >= 11 is 0. The molecule has 0 aromatic carbocycles. The van der Waals surface area contributed by atoms with Gasteiger partial charge in [0.05, 0.1) is 19.8 Å². The number of urea groups is 1. The number of likely N-dealkylation sites (tertiary alicyclic amines) is 1. The molecule has 0 bridgehead atoms. The van der Waals surface area contributed by atoms with Gasteiger partial charge in [-0.15, -0.1) is 0 Å². The van der Waals surface area contributed by atoms with Crippen LogP contribution >= 0.6 is 0 Å². The first-order chi connectivity index (χ1) is 11.8. The third-order valence-corrected chi connectivity index (χ3v) is 4.82. The van der Waals surface area contributed by atoms with Crippen molar-refractivity contribution in [1.29, 1.82) is 0 Å². The van der Waals surface area contributed by atoms with E-state index in [1.54, 1.807) is 4.68 Å². The van der Waals surface area contributed by atoms with Crippen LogP contribution in [0.5, 0.6) is 0 Å². The molecule has 3 heterocycles. The van der Waals surface area contributed by atoms with Crippen molar-refractivity contribution < 1.29 is 9.53 Å². The predicted molar refractivity (Wildman–Crippen MR) is 89.5 cm³/mol. The maximum atomic E-state index is 12.5.